The molecule has 2 heterocycles. The number of amides is 1. The summed E-state index contributed by atoms with van der Waals surface area (Å²) in [5, 5.41) is 6.39. The van der Waals surface area contributed by atoms with Gasteiger partial charge in [-0.1, -0.05) is 11.6 Å². The molecule has 1 atom stereocenters. The summed E-state index contributed by atoms with van der Waals surface area (Å²) in [6, 6.07) is 6.01. The van der Waals surface area contributed by atoms with Crippen LogP contribution in [0.4, 0.5) is 10.6 Å². The minimum atomic E-state index is -0.481. The molecular weight excluding hydrogens is 350 g/mol. The number of hydrogen-bond acceptors (Lipinski definition) is 4. The lowest BCUT2D eigenvalue weighted by Gasteiger charge is -2.34. The molecule has 6 heteroatoms. The van der Waals surface area contributed by atoms with Crippen molar-refractivity contribution in [2.45, 2.75) is 52.2 Å². The first-order valence-corrected chi connectivity index (χ1v) is 9.40. The van der Waals surface area contributed by atoms with Crippen molar-refractivity contribution in [2.24, 2.45) is 0 Å². The van der Waals surface area contributed by atoms with Gasteiger partial charge in [0.25, 0.3) is 0 Å². The zero-order valence-corrected chi connectivity index (χ0v) is 16.6. The summed E-state index contributed by atoms with van der Waals surface area (Å²) < 4.78 is 5.51. The minimum absolute atomic E-state index is 0.143. The molecule has 0 bridgehead atoms. The van der Waals surface area contributed by atoms with Crippen molar-refractivity contribution in [3.63, 3.8) is 0 Å². The van der Waals surface area contributed by atoms with E-state index in [1.54, 1.807) is 11.1 Å². The highest BCUT2D eigenvalue weighted by molar-refractivity contribution is 6.31. The van der Waals surface area contributed by atoms with Crippen LogP contribution in [0.1, 0.15) is 39.2 Å². The van der Waals surface area contributed by atoms with Crippen LogP contribution in [0.25, 0.3) is 10.8 Å². The van der Waals surface area contributed by atoms with E-state index in [4.69, 9.17) is 16.3 Å². The van der Waals surface area contributed by atoms with Crippen LogP contribution in [-0.4, -0.2) is 40.7 Å². The van der Waals surface area contributed by atoms with Gasteiger partial charge in [0.05, 0.1) is 0 Å². The molecule has 1 saturated heterocycles. The van der Waals surface area contributed by atoms with Crippen LogP contribution in [0.2, 0.25) is 5.02 Å². The van der Waals surface area contributed by atoms with Gasteiger partial charge in [0.15, 0.2) is 0 Å². The Labute approximate surface area is 159 Å². The molecule has 0 unspecified atom stereocenters. The van der Waals surface area contributed by atoms with E-state index in [0.29, 0.717) is 6.54 Å². The quantitative estimate of drug-likeness (QED) is 0.801. The zero-order chi connectivity index (χ0) is 18.9. The average Bonchev–Trinajstić information content (AvgIpc) is 2.53. The summed E-state index contributed by atoms with van der Waals surface area (Å²) >= 11 is 6.18. The predicted octanol–water partition coefficient (Wildman–Crippen LogP) is 5.01. The minimum Gasteiger partial charge on any atom is -0.444 e. The predicted molar refractivity (Wildman–Crippen MR) is 106 cm³/mol. The first-order valence-electron chi connectivity index (χ1n) is 9.02. The van der Waals surface area contributed by atoms with Gasteiger partial charge in [-0.05, 0) is 69.7 Å². The second-order valence-corrected chi connectivity index (χ2v) is 8.33. The third-order valence-electron chi connectivity index (χ3n) is 4.44. The van der Waals surface area contributed by atoms with Crippen molar-refractivity contribution in [3.8, 4) is 0 Å². The molecule has 1 aromatic heterocycles. The first kappa shape index (κ1) is 18.8. The Kier molecular flexibility index (Phi) is 5.28. The number of halogens is 1. The molecular formula is C20H26ClN3O2. The van der Waals surface area contributed by atoms with Gasteiger partial charge in [0.2, 0.25) is 0 Å². The zero-order valence-electron chi connectivity index (χ0n) is 15.8. The van der Waals surface area contributed by atoms with Crippen LogP contribution >= 0.6 is 11.6 Å². The van der Waals surface area contributed by atoms with Crippen molar-refractivity contribution in [2.75, 3.05) is 18.4 Å². The molecule has 1 aliphatic rings. The van der Waals surface area contributed by atoms with Gasteiger partial charge in [0.1, 0.15) is 11.4 Å². The summed E-state index contributed by atoms with van der Waals surface area (Å²) in [4.78, 5) is 18.7. The molecule has 3 rings (SSSR count). The SMILES string of the molecule is Cc1cc(Cl)cc2ccnc(N[C@@H]3CCCN(C(=O)OC(C)(C)C)C3)c12. The topological polar surface area (TPSA) is 54.5 Å². The normalized spacial score (nSPS) is 18.0. The van der Waals surface area contributed by atoms with Gasteiger partial charge < -0.3 is 15.0 Å². The summed E-state index contributed by atoms with van der Waals surface area (Å²) in [7, 11) is 0. The molecule has 5 nitrogen and oxygen atoms in total. The first-order chi connectivity index (χ1) is 12.2. The lowest BCUT2D eigenvalue weighted by Crippen LogP contribution is -2.47. The summed E-state index contributed by atoms with van der Waals surface area (Å²) in [6.07, 6.45) is 3.46. The molecule has 0 saturated carbocycles. The largest absolute Gasteiger partial charge is 0.444 e. The molecule has 1 aromatic carbocycles. The van der Waals surface area contributed by atoms with Crippen LogP contribution in [0.5, 0.6) is 0 Å². The van der Waals surface area contributed by atoms with E-state index in [0.717, 1.165) is 46.6 Å². The maximum absolute atomic E-state index is 12.4. The number of pyridine rings is 1. The van der Waals surface area contributed by atoms with Gasteiger partial charge in [-0.15, -0.1) is 0 Å². The van der Waals surface area contributed by atoms with Gasteiger partial charge in [-0.3, -0.25) is 0 Å². The highest BCUT2D eigenvalue weighted by Gasteiger charge is 2.28. The molecule has 1 amide bonds. The second-order valence-electron chi connectivity index (χ2n) is 7.89. The number of aryl methyl sites for hydroxylation is 1. The number of fused-ring (bicyclic) bond motifs is 1. The Morgan fingerprint density at radius 1 is 1.38 bits per heavy atom. The lowest BCUT2D eigenvalue weighted by molar-refractivity contribution is 0.0206. The Morgan fingerprint density at radius 3 is 2.88 bits per heavy atom. The second kappa shape index (κ2) is 7.31. The molecule has 26 heavy (non-hydrogen) atoms. The molecule has 2 aromatic rings. The third-order valence-corrected chi connectivity index (χ3v) is 4.66. The molecule has 1 aliphatic heterocycles. The number of carbonyl (C=O) groups is 1. The number of likely N-dealkylation sites (tertiary alicyclic amines) is 1. The van der Waals surface area contributed by atoms with Crippen molar-refractivity contribution in [1.82, 2.24) is 9.88 Å². The highest BCUT2D eigenvalue weighted by atomic mass is 35.5. The number of piperidine rings is 1. The van der Waals surface area contributed by atoms with Crippen molar-refractivity contribution < 1.29 is 9.53 Å². The van der Waals surface area contributed by atoms with E-state index in [1.807, 2.05) is 45.9 Å². The number of ether oxygens (including phenoxy) is 1. The lowest BCUT2D eigenvalue weighted by atomic mass is 10.0. The Hall–Kier alpha value is -2.01. The van der Waals surface area contributed by atoms with Crippen molar-refractivity contribution in [1.29, 1.82) is 0 Å². The standard InChI is InChI=1S/C20H26ClN3O2/c1-13-10-15(21)11-14-7-8-22-18(17(13)14)23-16-6-5-9-24(12-16)19(25)26-20(2,3)4/h7-8,10-11,16H,5-6,9,12H2,1-4H3,(H,22,23)/t16-/m1/s1. The molecule has 0 spiro atoms. The fourth-order valence-corrected chi connectivity index (χ4v) is 3.65. The number of nitrogens with zero attached hydrogens (tertiary/aromatic N) is 2. The van der Waals surface area contributed by atoms with Crippen molar-refractivity contribution >= 4 is 34.3 Å². The van der Waals surface area contributed by atoms with Crippen LogP contribution < -0.4 is 5.32 Å². The van der Waals surface area contributed by atoms with Gasteiger partial charge >= 0.3 is 6.09 Å². The molecule has 140 valence electrons. The van der Waals surface area contributed by atoms with Crippen LogP contribution in [0.15, 0.2) is 24.4 Å². The van der Waals surface area contributed by atoms with E-state index in [1.165, 1.54) is 0 Å². The number of rotatable bonds is 2. The van der Waals surface area contributed by atoms with Gasteiger partial charge in [-0.25, -0.2) is 9.78 Å². The Bertz CT molecular complexity index is 817. The Balaban J connectivity index is 1.77. The molecule has 1 fully saturated rings. The fourth-order valence-electron chi connectivity index (χ4n) is 3.37. The maximum atomic E-state index is 12.4. The average molecular weight is 376 g/mol. The van der Waals surface area contributed by atoms with E-state index in [-0.39, 0.29) is 12.1 Å². The van der Waals surface area contributed by atoms with Crippen molar-refractivity contribution in [3.05, 3.63) is 35.0 Å². The van der Waals surface area contributed by atoms with E-state index >= 15 is 0 Å². The monoisotopic (exact) mass is 375 g/mol. The van der Waals surface area contributed by atoms with Crippen LogP contribution in [0, 0.1) is 6.92 Å². The number of aromatic nitrogens is 1. The molecule has 1 N–H and O–H groups in total. The van der Waals surface area contributed by atoms with E-state index < -0.39 is 5.60 Å². The van der Waals surface area contributed by atoms with Gasteiger partial charge in [0, 0.05) is 35.7 Å². The molecule has 0 radical (unpaired) electrons. The number of hydrogen-bond donors (Lipinski definition) is 1. The van der Waals surface area contributed by atoms with Crippen LogP contribution in [-0.2, 0) is 4.74 Å². The summed E-state index contributed by atoms with van der Waals surface area (Å²) in [5.74, 6) is 0.840. The number of benzene rings is 1. The summed E-state index contributed by atoms with van der Waals surface area (Å²) in [5.41, 5.74) is 0.605. The smallest absolute Gasteiger partial charge is 0.410 e. The third kappa shape index (κ3) is 4.39. The Morgan fingerprint density at radius 2 is 2.15 bits per heavy atom. The number of carbonyl (C=O) groups excluding carboxylic acids is 1. The van der Waals surface area contributed by atoms with E-state index in [2.05, 4.69) is 10.3 Å². The van der Waals surface area contributed by atoms with Crippen LogP contribution in [0.3, 0.4) is 0 Å². The van der Waals surface area contributed by atoms with Gasteiger partial charge in [-0.2, -0.15) is 0 Å². The highest BCUT2D eigenvalue weighted by Crippen LogP contribution is 2.29. The number of anilines is 1. The number of nitrogens with one attached hydrogen (secondary N) is 1. The molecule has 0 aliphatic carbocycles. The fraction of sp³-hybridized carbons (Fsp3) is 0.500. The van der Waals surface area contributed by atoms with E-state index in [9.17, 15) is 4.79 Å². The summed E-state index contributed by atoms with van der Waals surface area (Å²) in [6.45, 7) is 9.04. The maximum Gasteiger partial charge on any atom is 0.410 e.